The van der Waals surface area contributed by atoms with E-state index in [1.165, 1.54) is 22.3 Å². The maximum atomic E-state index is 3.57. The number of aryl methyl sites for hydroxylation is 1. The molecule has 0 aliphatic carbocycles. The van der Waals surface area contributed by atoms with Gasteiger partial charge in [0, 0.05) is 25.7 Å². The van der Waals surface area contributed by atoms with Gasteiger partial charge in [0.05, 0.1) is 0 Å². The monoisotopic (exact) mass is 218 g/mol. The minimum absolute atomic E-state index is 0.592. The zero-order valence-electron chi connectivity index (χ0n) is 10.6. The van der Waals surface area contributed by atoms with Gasteiger partial charge in [0.15, 0.2) is 0 Å². The Labute approximate surface area is 98.4 Å². The lowest BCUT2D eigenvalue weighted by atomic mass is 9.94. The van der Waals surface area contributed by atoms with Crippen LogP contribution >= 0.6 is 0 Å². The molecule has 1 aromatic rings. The minimum Gasteiger partial charge on any atom is -0.314 e. The molecule has 16 heavy (non-hydrogen) atoms. The van der Waals surface area contributed by atoms with Crippen LogP contribution in [0.4, 0.5) is 0 Å². The van der Waals surface area contributed by atoms with Crippen molar-refractivity contribution in [3.8, 4) is 0 Å². The SMILES string of the molecule is Cc1ccc(CC2CNCCN2)c(C)c1C. The van der Waals surface area contributed by atoms with Gasteiger partial charge in [-0.05, 0) is 49.4 Å². The highest BCUT2D eigenvalue weighted by atomic mass is 15.0. The zero-order chi connectivity index (χ0) is 11.5. The molecular weight excluding hydrogens is 196 g/mol. The zero-order valence-corrected chi connectivity index (χ0v) is 10.6. The Kier molecular flexibility index (Phi) is 3.62. The number of benzene rings is 1. The first-order chi connectivity index (χ1) is 7.68. The molecule has 0 amide bonds. The van der Waals surface area contributed by atoms with Crippen molar-refractivity contribution in [1.29, 1.82) is 0 Å². The van der Waals surface area contributed by atoms with E-state index in [-0.39, 0.29) is 0 Å². The van der Waals surface area contributed by atoms with Crippen molar-refractivity contribution < 1.29 is 0 Å². The predicted octanol–water partition coefficient (Wildman–Crippen LogP) is 1.72. The first-order valence-electron chi connectivity index (χ1n) is 6.18. The molecule has 1 aromatic carbocycles. The number of piperazine rings is 1. The number of nitrogens with one attached hydrogen (secondary N) is 2. The molecule has 1 atom stereocenters. The highest BCUT2D eigenvalue weighted by molar-refractivity contribution is 5.39. The Bertz CT molecular complexity index is 365. The summed E-state index contributed by atoms with van der Waals surface area (Å²) in [7, 11) is 0. The van der Waals surface area contributed by atoms with E-state index in [1.807, 2.05) is 0 Å². The lowest BCUT2D eigenvalue weighted by Crippen LogP contribution is -2.49. The van der Waals surface area contributed by atoms with Gasteiger partial charge in [-0.15, -0.1) is 0 Å². The summed E-state index contributed by atoms with van der Waals surface area (Å²) in [4.78, 5) is 0. The lowest BCUT2D eigenvalue weighted by molar-refractivity contribution is 0.416. The molecule has 2 nitrogen and oxygen atoms in total. The van der Waals surface area contributed by atoms with Gasteiger partial charge in [0.1, 0.15) is 0 Å². The summed E-state index contributed by atoms with van der Waals surface area (Å²) in [6.45, 7) is 9.94. The van der Waals surface area contributed by atoms with E-state index in [2.05, 4.69) is 43.5 Å². The molecule has 1 aliphatic heterocycles. The standard InChI is InChI=1S/C14H22N2/c1-10-4-5-13(12(3)11(10)2)8-14-9-15-6-7-16-14/h4-5,14-16H,6-9H2,1-3H3. The molecule has 0 radical (unpaired) electrons. The fourth-order valence-electron chi connectivity index (χ4n) is 2.36. The summed E-state index contributed by atoms with van der Waals surface area (Å²) < 4.78 is 0. The van der Waals surface area contributed by atoms with Crippen LogP contribution in [0.3, 0.4) is 0 Å². The minimum atomic E-state index is 0.592. The summed E-state index contributed by atoms with van der Waals surface area (Å²) in [5.74, 6) is 0. The third kappa shape index (κ3) is 2.45. The first kappa shape index (κ1) is 11.6. The molecule has 2 N–H and O–H groups in total. The van der Waals surface area contributed by atoms with Gasteiger partial charge in [-0.3, -0.25) is 0 Å². The first-order valence-corrected chi connectivity index (χ1v) is 6.18. The van der Waals surface area contributed by atoms with Crippen LogP contribution in [0.15, 0.2) is 12.1 Å². The van der Waals surface area contributed by atoms with Crippen LogP contribution in [-0.2, 0) is 6.42 Å². The van der Waals surface area contributed by atoms with Gasteiger partial charge >= 0.3 is 0 Å². The van der Waals surface area contributed by atoms with Crippen molar-refractivity contribution in [2.45, 2.75) is 33.2 Å². The van der Waals surface area contributed by atoms with Crippen LogP contribution in [0.1, 0.15) is 22.3 Å². The summed E-state index contributed by atoms with van der Waals surface area (Å²) in [6, 6.07) is 5.12. The molecule has 0 saturated carbocycles. The Balaban J connectivity index is 2.11. The molecule has 0 aromatic heterocycles. The second-order valence-electron chi connectivity index (χ2n) is 4.85. The van der Waals surface area contributed by atoms with Crippen molar-refractivity contribution in [3.63, 3.8) is 0 Å². The molecule has 2 heteroatoms. The van der Waals surface area contributed by atoms with Crippen LogP contribution in [0.2, 0.25) is 0 Å². The maximum Gasteiger partial charge on any atom is 0.0233 e. The Morgan fingerprint density at radius 2 is 1.94 bits per heavy atom. The van der Waals surface area contributed by atoms with E-state index < -0.39 is 0 Å². The molecule has 1 heterocycles. The van der Waals surface area contributed by atoms with E-state index >= 15 is 0 Å². The molecular formula is C14H22N2. The van der Waals surface area contributed by atoms with E-state index in [4.69, 9.17) is 0 Å². The fourth-order valence-corrected chi connectivity index (χ4v) is 2.36. The average Bonchev–Trinajstić information content (AvgIpc) is 2.31. The largest absolute Gasteiger partial charge is 0.314 e. The summed E-state index contributed by atoms with van der Waals surface area (Å²) in [6.07, 6.45) is 1.14. The highest BCUT2D eigenvalue weighted by Gasteiger charge is 2.14. The summed E-state index contributed by atoms with van der Waals surface area (Å²) in [5, 5.41) is 7.00. The van der Waals surface area contributed by atoms with E-state index in [1.54, 1.807) is 0 Å². The van der Waals surface area contributed by atoms with Crippen molar-refractivity contribution in [1.82, 2.24) is 10.6 Å². The van der Waals surface area contributed by atoms with Gasteiger partial charge in [-0.25, -0.2) is 0 Å². The van der Waals surface area contributed by atoms with Gasteiger partial charge < -0.3 is 10.6 Å². The average molecular weight is 218 g/mol. The van der Waals surface area contributed by atoms with Crippen LogP contribution in [0.25, 0.3) is 0 Å². The molecule has 1 aliphatic rings. The van der Waals surface area contributed by atoms with E-state index in [0.717, 1.165) is 26.1 Å². The van der Waals surface area contributed by atoms with Gasteiger partial charge in [-0.2, -0.15) is 0 Å². The number of hydrogen-bond donors (Lipinski definition) is 2. The third-order valence-corrected chi connectivity index (χ3v) is 3.76. The smallest absolute Gasteiger partial charge is 0.0233 e. The molecule has 0 bridgehead atoms. The predicted molar refractivity (Wildman–Crippen MR) is 69.0 cm³/mol. The van der Waals surface area contributed by atoms with Crippen molar-refractivity contribution in [3.05, 3.63) is 34.4 Å². The van der Waals surface area contributed by atoms with Crippen molar-refractivity contribution in [2.24, 2.45) is 0 Å². The Morgan fingerprint density at radius 1 is 1.12 bits per heavy atom. The van der Waals surface area contributed by atoms with E-state index in [9.17, 15) is 0 Å². The molecule has 0 spiro atoms. The Hall–Kier alpha value is -0.860. The second kappa shape index (κ2) is 4.98. The van der Waals surface area contributed by atoms with Gasteiger partial charge in [0.25, 0.3) is 0 Å². The summed E-state index contributed by atoms with van der Waals surface area (Å²) >= 11 is 0. The third-order valence-electron chi connectivity index (χ3n) is 3.76. The molecule has 1 fully saturated rings. The van der Waals surface area contributed by atoms with Crippen LogP contribution in [-0.4, -0.2) is 25.7 Å². The van der Waals surface area contributed by atoms with Crippen LogP contribution < -0.4 is 10.6 Å². The fraction of sp³-hybridized carbons (Fsp3) is 0.571. The topological polar surface area (TPSA) is 24.1 Å². The molecule has 88 valence electrons. The normalized spacial score (nSPS) is 21.1. The van der Waals surface area contributed by atoms with Gasteiger partial charge in [0.2, 0.25) is 0 Å². The highest BCUT2D eigenvalue weighted by Crippen LogP contribution is 2.18. The lowest BCUT2D eigenvalue weighted by Gasteiger charge is -2.25. The van der Waals surface area contributed by atoms with Crippen LogP contribution in [0.5, 0.6) is 0 Å². The van der Waals surface area contributed by atoms with Crippen molar-refractivity contribution >= 4 is 0 Å². The summed E-state index contributed by atoms with van der Waals surface area (Å²) in [5.41, 5.74) is 5.80. The maximum absolute atomic E-state index is 3.57. The molecule has 1 saturated heterocycles. The number of hydrogen-bond acceptors (Lipinski definition) is 2. The molecule has 2 rings (SSSR count). The second-order valence-corrected chi connectivity index (χ2v) is 4.85. The Morgan fingerprint density at radius 3 is 2.62 bits per heavy atom. The molecule has 1 unspecified atom stereocenters. The van der Waals surface area contributed by atoms with Crippen molar-refractivity contribution in [2.75, 3.05) is 19.6 Å². The van der Waals surface area contributed by atoms with Crippen LogP contribution in [0, 0.1) is 20.8 Å². The quantitative estimate of drug-likeness (QED) is 0.790. The van der Waals surface area contributed by atoms with Gasteiger partial charge in [-0.1, -0.05) is 12.1 Å². The number of rotatable bonds is 2. The van der Waals surface area contributed by atoms with E-state index in [0.29, 0.717) is 6.04 Å².